The van der Waals surface area contributed by atoms with E-state index in [1.807, 2.05) is 0 Å². The molecule has 20 heavy (non-hydrogen) atoms. The predicted molar refractivity (Wildman–Crippen MR) is 69.5 cm³/mol. The summed E-state index contributed by atoms with van der Waals surface area (Å²) in [6, 6.07) is 2.82. The van der Waals surface area contributed by atoms with Gasteiger partial charge in [0.05, 0.1) is 0 Å². The molecule has 7 heteroatoms. The van der Waals surface area contributed by atoms with Crippen molar-refractivity contribution >= 4 is 11.9 Å². The number of nitrogens with one attached hydrogen (secondary N) is 1. The Morgan fingerprint density at radius 3 is 2.45 bits per heavy atom. The van der Waals surface area contributed by atoms with Crippen molar-refractivity contribution in [3.8, 4) is 11.5 Å². The Labute approximate surface area is 115 Å². The van der Waals surface area contributed by atoms with E-state index in [0.717, 1.165) is 0 Å². The van der Waals surface area contributed by atoms with Gasteiger partial charge in [-0.2, -0.15) is 0 Å². The molecule has 0 aliphatic carbocycles. The van der Waals surface area contributed by atoms with E-state index in [0.29, 0.717) is 5.56 Å². The van der Waals surface area contributed by atoms with Crippen LogP contribution in [0.2, 0.25) is 0 Å². The van der Waals surface area contributed by atoms with E-state index < -0.39 is 24.0 Å². The van der Waals surface area contributed by atoms with Crippen LogP contribution in [0.3, 0.4) is 0 Å². The van der Waals surface area contributed by atoms with Gasteiger partial charge < -0.3 is 25.4 Å². The predicted octanol–water partition coefficient (Wildman–Crippen LogP) is 0.245. The monoisotopic (exact) mass is 283 g/mol. The van der Waals surface area contributed by atoms with Crippen LogP contribution in [0.4, 0.5) is 0 Å². The number of amides is 1. The van der Waals surface area contributed by atoms with Gasteiger partial charge in [0.15, 0.2) is 11.5 Å². The fourth-order valence-corrected chi connectivity index (χ4v) is 1.53. The lowest BCUT2D eigenvalue weighted by Crippen LogP contribution is -2.46. The number of ether oxygens (including phenoxy) is 1. The average molecular weight is 283 g/mol. The average Bonchev–Trinajstić information content (AvgIpc) is 2.40. The number of benzene rings is 1. The molecule has 110 valence electrons. The van der Waals surface area contributed by atoms with Crippen molar-refractivity contribution < 1.29 is 29.6 Å². The minimum atomic E-state index is -1.20. The van der Waals surface area contributed by atoms with E-state index >= 15 is 0 Å². The molecule has 0 spiro atoms. The molecule has 0 aliphatic heterocycles. The highest BCUT2D eigenvalue weighted by Crippen LogP contribution is 2.25. The van der Waals surface area contributed by atoms with E-state index in [2.05, 4.69) is 5.32 Å². The Morgan fingerprint density at radius 2 is 1.95 bits per heavy atom. The van der Waals surface area contributed by atoms with Gasteiger partial charge in [-0.3, -0.25) is 4.79 Å². The molecular formula is C13H17NO6. The summed E-state index contributed by atoms with van der Waals surface area (Å²) in [4.78, 5) is 22.7. The van der Waals surface area contributed by atoms with E-state index in [1.54, 1.807) is 0 Å². The molecule has 2 unspecified atom stereocenters. The minimum absolute atomic E-state index is 0.0225. The van der Waals surface area contributed by atoms with E-state index in [9.17, 15) is 19.8 Å². The highest BCUT2D eigenvalue weighted by Gasteiger charge is 2.23. The molecule has 0 fully saturated rings. The van der Waals surface area contributed by atoms with Gasteiger partial charge in [0.1, 0.15) is 12.1 Å². The van der Waals surface area contributed by atoms with Gasteiger partial charge in [0.25, 0.3) is 0 Å². The molecule has 4 N–H and O–H groups in total. The second-order valence-electron chi connectivity index (χ2n) is 4.30. The fraction of sp³-hybridized carbons (Fsp3) is 0.385. The molecule has 1 aromatic carbocycles. The quantitative estimate of drug-likeness (QED) is 0.556. The number of hydrogen-bond acceptors (Lipinski definition) is 5. The van der Waals surface area contributed by atoms with Crippen LogP contribution in [0.1, 0.15) is 12.5 Å². The number of aromatic hydroxyl groups is 2. The first-order valence-electron chi connectivity index (χ1n) is 5.92. The lowest BCUT2D eigenvalue weighted by atomic mass is 10.0. The number of carbonyl (C=O) groups is 2. The molecule has 2 atom stereocenters. The van der Waals surface area contributed by atoms with Crippen molar-refractivity contribution in [3.05, 3.63) is 23.8 Å². The van der Waals surface area contributed by atoms with Crippen molar-refractivity contribution in [2.45, 2.75) is 25.5 Å². The number of carboxylic acids is 1. The smallest absolute Gasteiger partial charge is 0.326 e. The van der Waals surface area contributed by atoms with Crippen molar-refractivity contribution in [3.63, 3.8) is 0 Å². The highest BCUT2D eigenvalue weighted by molar-refractivity contribution is 5.86. The zero-order chi connectivity index (χ0) is 15.3. The Balaban J connectivity index is 2.79. The maximum Gasteiger partial charge on any atom is 0.326 e. The molecule has 1 aromatic rings. The Morgan fingerprint density at radius 1 is 1.30 bits per heavy atom. The summed E-state index contributed by atoms with van der Waals surface area (Å²) in [5.74, 6) is -2.38. The molecule has 0 saturated carbocycles. The standard InChI is InChI=1S/C13H17NO6/c1-7(20-2)12(17)14-9(13(18)19)5-8-3-4-10(15)11(16)6-8/h3-4,6-7,9,15-16H,5H2,1-2H3,(H,14,17)(H,18,19). The van der Waals surface area contributed by atoms with Crippen LogP contribution in [-0.2, 0) is 20.7 Å². The molecule has 0 saturated heterocycles. The summed E-state index contributed by atoms with van der Waals surface area (Å²) in [6.45, 7) is 1.50. The molecular weight excluding hydrogens is 266 g/mol. The van der Waals surface area contributed by atoms with Crippen LogP contribution in [0.25, 0.3) is 0 Å². The molecule has 0 bridgehead atoms. The van der Waals surface area contributed by atoms with Gasteiger partial charge in [-0.1, -0.05) is 6.07 Å². The van der Waals surface area contributed by atoms with Crippen LogP contribution < -0.4 is 5.32 Å². The van der Waals surface area contributed by atoms with E-state index in [4.69, 9.17) is 9.84 Å². The minimum Gasteiger partial charge on any atom is -0.504 e. The second kappa shape index (κ2) is 6.76. The van der Waals surface area contributed by atoms with Crippen molar-refractivity contribution in [2.75, 3.05) is 7.11 Å². The Hall–Kier alpha value is -2.28. The van der Waals surface area contributed by atoms with Gasteiger partial charge in [0, 0.05) is 13.5 Å². The van der Waals surface area contributed by atoms with E-state index in [1.165, 1.54) is 32.2 Å². The number of phenolic OH excluding ortho intramolecular Hbond substituents is 2. The Bertz CT molecular complexity index is 502. The van der Waals surface area contributed by atoms with Crippen molar-refractivity contribution in [2.24, 2.45) is 0 Å². The third-order valence-corrected chi connectivity index (χ3v) is 2.82. The summed E-state index contributed by atoms with van der Waals surface area (Å²) in [5.41, 5.74) is 0.470. The summed E-state index contributed by atoms with van der Waals surface area (Å²) in [7, 11) is 1.35. The zero-order valence-electron chi connectivity index (χ0n) is 11.2. The number of aliphatic carboxylic acids is 1. The number of hydrogen-bond donors (Lipinski definition) is 4. The number of phenols is 2. The maximum atomic E-state index is 11.6. The third kappa shape index (κ3) is 4.13. The summed E-state index contributed by atoms with van der Waals surface area (Å²) < 4.78 is 4.80. The molecule has 0 radical (unpaired) electrons. The van der Waals surface area contributed by atoms with Gasteiger partial charge >= 0.3 is 5.97 Å². The first-order valence-corrected chi connectivity index (χ1v) is 5.92. The van der Waals surface area contributed by atoms with Crippen LogP contribution in [-0.4, -0.2) is 46.5 Å². The Kier molecular flexibility index (Phi) is 5.33. The number of rotatable bonds is 6. The van der Waals surface area contributed by atoms with Gasteiger partial charge in [0.2, 0.25) is 5.91 Å². The van der Waals surface area contributed by atoms with E-state index in [-0.39, 0.29) is 17.9 Å². The van der Waals surface area contributed by atoms with Crippen molar-refractivity contribution in [1.82, 2.24) is 5.32 Å². The number of carbonyl (C=O) groups excluding carboxylic acids is 1. The first kappa shape index (κ1) is 15.8. The van der Waals surface area contributed by atoms with Crippen LogP contribution in [0, 0.1) is 0 Å². The molecule has 7 nitrogen and oxygen atoms in total. The fourth-order valence-electron chi connectivity index (χ4n) is 1.53. The number of methoxy groups -OCH3 is 1. The lowest BCUT2D eigenvalue weighted by Gasteiger charge is -2.17. The largest absolute Gasteiger partial charge is 0.504 e. The highest BCUT2D eigenvalue weighted by atomic mass is 16.5. The van der Waals surface area contributed by atoms with Crippen LogP contribution in [0.5, 0.6) is 11.5 Å². The third-order valence-electron chi connectivity index (χ3n) is 2.82. The van der Waals surface area contributed by atoms with Gasteiger partial charge in [-0.05, 0) is 24.6 Å². The molecule has 1 rings (SSSR count). The molecule has 1 amide bonds. The van der Waals surface area contributed by atoms with Gasteiger partial charge in [-0.15, -0.1) is 0 Å². The molecule has 0 aromatic heterocycles. The van der Waals surface area contributed by atoms with Crippen LogP contribution in [0.15, 0.2) is 18.2 Å². The molecule has 0 heterocycles. The summed E-state index contributed by atoms with van der Waals surface area (Å²) in [5, 5.41) is 30.0. The van der Waals surface area contributed by atoms with Gasteiger partial charge in [-0.25, -0.2) is 4.79 Å². The summed E-state index contributed by atoms with van der Waals surface area (Å²) in [6.07, 6.45) is -0.782. The van der Waals surface area contributed by atoms with Crippen molar-refractivity contribution in [1.29, 1.82) is 0 Å². The summed E-state index contributed by atoms with van der Waals surface area (Å²) >= 11 is 0. The SMILES string of the molecule is COC(C)C(=O)NC(Cc1ccc(O)c(O)c1)C(=O)O. The topological polar surface area (TPSA) is 116 Å². The zero-order valence-corrected chi connectivity index (χ0v) is 11.2. The maximum absolute atomic E-state index is 11.6. The number of carboxylic acid groups (broad SMARTS) is 1. The normalized spacial score (nSPS) is 13.5. The van der Waals surface area contributed by atoms with Crippen LogP contribution >= 0.6 is 0 Å². The first-order chi connectivity index (χ1) is 9.35. The molecule has 0 aliphatic rings. The second-order valence-corrected chi connectivity index (χ2v) is 4.30. The lowest BCUT2D eigenvalue weighted by molar-refractivity contribution is -0.143.